The van der Waals surface area contributed by atoms with Crippen molar-refractivity contribution >= 4 is 34.8 Å². The summed E-state index contributed by atoms with van der Waals surface area (Å²) in [6.07, 6.45) is 2.10. The third kappa shape index (κ3) is 7.05. The van der Waals surface area contributed by atoms with Gasteiger partial charge in [-0.25, -0.2) is 0 Å². The predicted molar refractivity (Wildman–Crippen MR) is 130 cm³/mol. The lowest BCUT2D eigenvalue weighted by Crippen LogP contribution is -2.26. The summed E-state index contributed by atoms with van der Waals surface area (Å²) < 4.78 is 11.5. The molecule has 0 saturated carbocycles. The van der Waals surface area contributed by atoms with Gasteiger partial charge in [0.1, 0.15) is 6.61 Å². The fourth-order valence-electron chi connectivity index (χ4n) is 3.22. The van der Waals surface area contributed by atoms with E-state index in [4.69, 9.17) is 44.3 Å². The third-order valence-electron chi connectivity index (χ3n) is 5.02. The van der Waals surface area contributed by atoms with Gasteiger partial charge in [-0.1, -0.05) is 71.2 Å². The number of hydrogen-bond acceptors (Lipinski definition) is 3. The second kappa shape index (κ2) is 11.6. The Kier molecular flexibility index (Phi) is 8.91. The Morgan fingerprint density at radius 1 is 0.839 bits per heavy atom. The second-order valence-electron chi connectivity index (χ2n) is 7.45. The highest BCUT2D eigenvalue weighted by Crippen LogP contribution is 2.37. The lowest BCUT2D eigenvalue weighted by atomic mass is 10.1. The molecule has 3 nitrogen and oxygen atoms in total. The van der Waals surface area contributed by atoms with Gasteiger partial charge in [-0.15, -0.1) is 0 Å². The standard InChI is InChI=1S/C25H26Cl3NO2/c1-17(8-9-18-6-4-3-5-7-18)29-15-20-13-23(28)25(24(14-20)30-2)31-16-19-10-11-21(26)22(27)12-19/h3-7,10-14,17,29H,8-9,15-16H2,1-2H3/t17-/m1/s1. The van der Waals surface area contributed by atoms with E-state index in [-0.39, 0.29) is 0 Å². The monoisotopic (exact) mass is 477 g/mol. The Morgan fingerprint density at radius 3 is 2.29 bits per heavy atom. The van der Waals surface area contributed by atoms with E-state index in [0.717, 1.165) is 24.0 Å². The van der Waals surface area contributed by atoms with Crippen molar-refractivity contribution in [3.63, 3.8) is 0 Å². The van der Waals surface area contributed by atoms with Crippen LogP contribution >= 0.6 is 34.8 Å². The maximum Gasteiger partial charge on any atom is 0.180 e. The molecular formula is C25H26Cl3NO2. The first-order valence-electron chi connectivity index (χ1n) is 10.2. The van der Waals surface area contributed by atoms with Gasteiger partial charge in [-0.2, -0.15) is 0 Å². The number of rotatable bonds is 10. The maximum atomic E-state index is 6.51. The molecule has 0 spiro atoms. The lowest BCUT2D eigenvalue weighted by Gasteiger charge is -2.17. The van der Waals surface area contributed by atoms with Crippen LogP contribution < -0.4 is 14.8 Å². The molecule has 1 atom stereocenters. The molecule has 0 unspecified atom stereocenters. The molecule has 0 bridgehead atoms. The number of ether oxygens (including phenoxy) is 2. The molecule has 31 heavy (non-hydrogen) atoms. The van der Waals surface area contributed by atoms with Crippen molar-refractivity contribution in [2.75, 3.05) is 7.11 Å². The molecule has 0 aliphatic carbocycles. The molecule has 0 fully saturated rings. The average molecular weight is 479 g/mol. The molecular weight excluding hydrogens is 453 g/mol. The van der Waals surface area contributed by atoms with Crippen LogP contribution in [0, 0.1) is 0 Å². The van der Waals surface area contributed by atoms with Gasteiger partial charge < -0.3 is 14.8 Å². The zero-order chi connectivity index (χ0) is 22.2. The van der Waals surface area contributed by atoms with Gasteiger partial charge >= 0.3 is 0 Å². The van der Waals surface area contributed by atoms with E-state index in [9.17, 15) is 0 Å². The molecule has 0 saturated heterocycles. The summed E-state index contributed by atoms with van der Waals surface area (Å²) in [7, 11) is 1.61. The molecule has 1 N–H and O–H groups in total. The quantitative estimate of drug-likeness (QED) is 0.330. The largest absolute Gasteiger partial charge is 0.493 e. The van der Waals surface area contributed by atoms with Gasteiger partial charge in [0.05, 0.1) is 22.2 Å². The van der Waals surface area contributed by atoms with Crippen molar-refractivity contribution in [3.8, 4) is 11.5 Å². The van der Waals surface area contributed by atoms with Crippen molar-refractivity contribution < 1.29 is 9.47 Å². The first-order valence-corrected chi connectivity index (χ1v) is 11.3. The van der Waals surface area contributed by atoms with Gasteiger partial charge in [-0.05, 0) is 60.7 Å². The summed E-state index contributed by atoms with van der Waals surface area (Å²) in [4.78, 5) is 0. The third-order valence-corrected chi connectivity index (χ3v) is 6.04. The number of hydrogen-bond donors (Lipinski definition) is 1. The van der Waals surface area contributed by atoms with Crippen LogP contribution in [0.15, 0.2) is 60.7 Å². The molecule has 0 amide bonds. The lowest BCUT2D eigenvalue weighted by molar-refractivity contribution is 0.284. The highest BCUT2D eigenvalue weighted by atomic mass is 35.5. The topological polar surface area (TPSA) is 30.5 Å². The fourth-order valence-corrected chi connectivity index (χ4v) is 3.83. The highest BCUT2D eigenvalue weighted by Gasteiger charge is 2.13. The molecule has 6 heteroatoms. The first-order chi connectivity index (χ1) is 15.0. The normalized spacial score (nSPS) is 11.9. The molecule has 164 valence electrons. The predicted octanol–water partition coefficient (Wildman–Crippen LogP) is 7.35. The minimum Gasteiger partial charge on any atom is -0.493 e. The van der Waals surface area contributed by atoms with Crippen LogP contribution in [-0.4, -0.2) is 13.2 Å². The molecule has 3 aromatic carbocycles. The van der Waals surface area contributed by atoms with Crippen LogP contribution in [0.25, 0.3) is 0 Å². The second-order valence-corrected chi connectivity index (χ2v) is 8.67. The van der Waals surface area contributed by atoms with Crippen molar-refractivity contribution in [2.24, 2.45) is 0 Å². The van der Waals surface area contributed by atoms with Gasteiger partial charge in [0.2, 0.25) is 0 Å². The number of aryl methyl sites for hydroxylation is 1. The van der Waals surface area contributed by atoms with Crippen LogP contribution in [0.5, 0.6) is 11.5 Å². The number of halogens is 3. The molecule has 3 rings (SSSR count). The Balaban J connectivity index is 1.58. The van der Waals surface area contributed by atoms with Crippen LogP contribution in [0.1, 0.15) is 30.0 Å². The molecule has 0 aromatic heterocycles. The summed E-state index contributed by atoms with van der Waals surface area (Å²) >= 11 is 18.6. The summed E-state index contributed by atoms with van der Waals surface area (Å²) in [6, 6.07) is 20.1. The van der Waals surface area contributed by atoms with Crippen LogP contribution in [0.2, 0.25) is 15.1 Å². The Hall–Kier alpha value is -1.91. The van der Waals surface area contributed by atoms with Crippen molar-refractivity contribution in [2.45, 2.75) is 39.0 Å². The van der Waals surface area contributed by atoms with Crippen molar-refractivity contribution in [1.82, 2.24) is 5.32 Å². The number of benzene rings is 3. The smallest absolute Gasteiger partial charge is 0.180 e. The minimum absolute atomic E-state index is 0.307. The van der Waals surface area contributed by atoms with Gasteiger partial charge in [0, 0.05) is 12.6 Å². The Morgan fingerprint density at radius 2 is 1.58 bits per heavy atom. The summed E-state index contributed by atoms with van der Waals surface area (Å²) in [5.41, 5.74) is 3.28. The van der Waals surface area contributed by atoms with E-state index in [1.807, 2.05) is 24.3 Å². The van der Waals surface area contributed by atoms with Gasteiger partial charge in [-0.3, -0.25) is 0 Å². The van der Waals surface area contributed by atoms with E-state index in [2.05, 4.69) is 36.5 Å². The van der Waals surface area contributed by atoms with Gasteiger partial charge in [0.15, 0.2) is 11.5 Å². The zero-order valence-electron chi connectivity index (χ0n) is 17.6. The fraction of sp³-hybridized carbons (Fsp3) is 0.280. The van der Waals surface area contributed by atoms with Crippen molar-refractivity contribution in [1.29, 1.82) is 0 Å². The SMILES string of the molecule is COc1cc(CN[C@H](C)CCc2ccccc2)cc(Cl)c1OCc1ccc(Cl)c(Cl)c1. The van der Waals surface area contributed by atoms with E-state index in [1.165, 1.54) is 5.56 Å². The summed E-state index contributed by atoms with van der Waals surface area (Å²) in [5.74, 6) is 1.11. The van der Waals surface area contributed by atoms with E-state index in [1.54, 1.807) is 19.2 Å². The van der Waals surface area contributed by atoms with Crippen LogP contribution in [0.4, 0.5) is 0 Å². The Labute approximate surface area is 199 Å². The van der Waals surface area contributed by atoms with Crippen molar-refractivity contribution in [3.05, 3.63) is 92.4 Å². The van der Waals surface area contributed by atoms with E-state index in [0.29, 0.717) is 45.8 Å². The first kappa shape index (κ1) is 23.7. The number of nitrogens with one attached hydrogen (secondary N) is 1. The molecule has 0 radical (unpaired) electrons. The highest BCUT2D eigenvalue weighted by molar-refractivity contribution is 6.42. The summed E-state index contributed by atoms with van der Waals surface area (Å²) in [6.45, 7) is 3.19. The maximum absolute atomic E-state index is 6.51. The van der Waals surface area contributed by atoms with Crippen LogP contribution in [-0.2, 0) is 19.6 Å². The minimum atomic E-state index is 0.307. The molecule has 3 aromatic rings. The number of methoxy groups -OCH3 is 1. The van der Waals surface area contributed by atoms with E-state index >= 15 is 0 Å². The molecule has 0 aliphatic heterocycles. The summed E-state index contributed by atoms with van der Waals surface area (Å²) in [5, 5.41) is 5.06. The van der Waals surface area contributed by atoms with E-state index < -0.39 is 0 Å². The van der Waals surface area contributed by atoms with Gasteiger partial charge in [0.25, 0.3) is 0 Å². The zero-order valence-corrected chi connectivity index (χ0v) is 19.9. The molecule has 0 aliphatic rings. The van der Waals surface area contributed by atoms with Crippen LogP contribution in [0.3, 0.4) is 0 Å². The average Bonchev–Trinajstić information content (AvgIpc) is 2.78. The Bertz CT molecular complexity index is 996. The molecule has 0 heterocycles.